The Hall–Kier alpha value is -4.05. The molecule has 3 aromatic rings. The van der Waals surface area contributed by atoms with Crippen molar-refractivity contribution in [3.8, 4) is 6.07 Å². The number of rotatable bonds is 7. The summed E-state index contributed by atoms with van der Waals surface area (Å²) in [7, 11) is 0. The van der Waals surface area contributed by atoms with Crippen molar-refractivity contribution in [1.29, 1.82) is 5.26 Å². The number of hydrogen-bond donors (Lipinski definition) is 3. The number of fused-ring (bicyclic) bond motifs is 1. The number of hydrogen-bond acceptors (Lipinski definition) is 3. The van der Waals surface area contributed by atoms with Gasteiger partial charge in [0.25, 0.3) is 0 Å². The fourth-order valence-corrected chi connectivity index (χ4v) is 3.23. The lowest BCUT2D eigenvalue weighted by molar-refractivity contribution is -0.111. The van der Waals surface area contributed by atoms with Crippen molar-refractivity contribution in [3.63, 3.8) is 0 Å². The zero-order valence-electron chi connectivity index (χ0n) is 17.6. The number of aromatic nitrogens is 1. The Morgan fingerprint density at radius 2 is 1.74 bits per heavy atom. The van der Waals surface area contributed by atoms with Crippen LogP contribution in [0.1, 0.15) is 25.8 Å². The van der Waals surface area contributed by atoms with Gasteiger partial charge in [-0.15, -0.1) is 0 Å². The molecule has 0 aliphatic heterocycles. The second-order valence-electron chi connectivity index (χ2n) is 7.32. The molecule has 3 rings (SSSR count). The van der Waals surface area contributed by atoms with E-state index in [1.165, 1.54) is 6.08 Å². The number of urea groups is 1. The molecule has 2 aromatic carbocycles. The summed E-state index contributed by atoms with van der Waals surface area (Å²) < 4.78 is 2.02. The maximum absolute atomic E-state index is 12.5. The Kier molecular flexibility index (Phi) is 7.07. The van der Waals surface area contributed by atoms with Crippen molar-refractivity contribution >= 4 is 40.3 Å². The van der Waals surface area contributed by atoms with E-state index < -0.39 is 0 Å². The molecule has 0 aliphatic rings. The zero-order valence-corrected chi connectivity index (χ0v) is 17.6. The maximum atomic E-state index is 12.5. The Bertz CT molecular complexity index is 1150. The first-order chi connectivity index (χ1) is 15.0. The summed E-state index contributed by atoms with van der Waals surface area (Å²) in [4.78, 5) is 24.5. The lowest BCUT2D eigenvalue weighted by atomic mass is 10.1. The van der Waals surface area contributed by atoms with Crippen LogP contribution in [0.5, 0.6) is 0 Å². The largest absolute Gasteiger partial charge is 0.346 e. The van der Waals surface area contributed by atoms with Crippen LogP contribution in [-0.2, 0) is 11.3 Å². The van der Waals surface area contributed by atoms with Crippen LogP contribution in [0.2, 0.25) is 0 Å². The van der Waals surface area contributed by atoms with Crippen molar-refractivity contribution < 1.29 is 9.59 Å². The van der Waals surface area contributed by atoms with Crippen LogP contribution in [0.15, 0.2) is 60.8 Å². The molecule has 31 heavy (non-hydrogen) atoms. The Morgan fingerprint density at radius 1 is 1.06 bits per heavy atom. The highest BCUT2D eigenvalue weighted by molar-refractivity contribution is 6.06. The smallest absolute Gasteiger partial charge is 0.319 e. The van der Waals surface area contributed by atoms with Crippen molar-refractivity contribution in [2.45, 2.75) is 32.9 Å². The summed E-state index contributed by atoms with van der Waals surface area (Å²) in [5.41, 5.74) is 2.93. The summed E-state index contributed by atoms with van der Waals surface area (Å²) in [6.45, 7) is 4.33. The zero-order chi connectivity index (χ0) is 22.2. The third-order valence-electron chi connectivity index (χ3n) is 4.55. The second kappa shape index (κ2) is 10.1. The molecule has 7 nitrogen and oxygen atoms in total. The van der Waals surface area contributed by atoms with Crippen LogP contribution in [-0.4, -0.2) is 22.5 Å². The van der Waals surface area contributed by atoms with Gasteiger partial charge in [-0.2, -0.15) is 5.26 Å². The minimum Gasteiger partial charge on any atom is -0.346 e. The van der Waals surface area contributed by atoms with E-state index in [-0.39, 0.29) is 18.0 Å². The van der Waals surface area contributed by atoms with Crippen LogP contribution < -0.4 is 16.0 Å². The lowest BCUT2D eigenvalue weighted by Gasteiger charge is -2.13. The van der Waals surface area contributed by atoms with Gasteiger partial charge in [0.15, 0.2) is 0 Å². The highest BCUT2D eigenvalue weighted by Gasteiger charge is 2.10. The van der Waals surface area contributed by atoms with Gasteiger partial charge in [-0.3, -0.25) is 4.79 Å². The number of nitrogens with one attached hydrogen (secondary N) is 3. The standard InChI is InChI=1S/C24H25N5O2/c1-17(2)26-24(31)28-21-10-5-4-9-20(21)27-23(30)13-12-18-16-29(15-7-14-25)22-11-6-3-8-19(18)22/h3-6,8-13,16-17H,7,15H2,1-2H3,(H,27,30)(H2,26,28,31)/b13-12+. The molecule has 0 aliphatic carbocycles. The average Bonchev–Trinajstić information content (AvgIpc) is 3.09. The quantitative estimate of drug-likeness (QED) is 0.486. The normalized spacial score (nSPS) is 10.9. The molecule has 0 fully saturated rings. The molecule has 1 heterocycles. The van der Waals surface area contributed by atoms with Crippen molar-refractivity contribution in [2.24, 2.45) is 0 Å². The molecular formula is C24H25N5O2. The predicted molar refractivity (Wildman–Crippen MR) is 124 cm³/mol. The van der Waals surface area contributed by atoms with Gasteiger partial charge in [-0.05, 0) is 38.1 Å². The summed E-state index contributed by atoms with van der Waals surface area (Å²) in [5.74, 6) is -0.313. The van der Waals surface area contributed by atoms with Gasteiger partial charge in [0.05, 0.1) is 23.9 Å². The SMILES string of the molecule is CC(C)NC(=O)Nc1ccccc1NC(=O)/C=C/c1cn(CCC#N)c2ccccc12. The molecule has 0 atom stereocenters. The number of carbonyl (C=O) groups is 2. The van der Waals surface area contributed by atoms with Crippen LogP contribution in [0.3, 0.4) is 0 Å². The molecule has 0 saturated heterocycles. The van der Waals surface area contributed by atoms with Crippen molar-refractivity contribution in [1.82, 2.24) is 9.88 Å². The topological polar surface area (TPSA) is 98.9 Å². The Labute approximate surface area is 181 Å². The molecule has 0 bridgehead atoms. The molecule has 0 saturated carbocycles. The molecule has 0 spiro atoms. The van der Waals surface area contributed by atoms with Crippen molar-refractivity contribution in [2.75, 3.05) is 10.6 Å². The summed E-state index contributed by atoms with van der Waals surface area (Å²) in [5, 5.41) is 18.2. The van der Waals surface area contributed by atoms with E-state index in [0.717, 1.165) is 16.5 Å². The van der Waals surface area contributed by atoms with Crippen LogP contribution >= 0.6 is 0 Å². The molecule has 3 amide bonds. The number of para-hydroxylation sites is 3. The number of amides is 3. The van der Waals surface area contributed by atoms with Gasteiger partial charge < -0.3 is 20.5 Å². The van der Waals surface area contributed by atoms with E-state index in [9.17, 15) is 9.59 Å². The Morgan fingerprint density at radius 3 is 2.45 bits per heavy atom. The lowest BCUT2D eigenvalue weighted by Crippen LogP contribution is -2.34. The second-order valence-corrected chi connectivity index (χ2v) is 7.32. The average molecular weight is 415 g/mol. The molecule has 7 heteroatoms. The number of carbonyl (C=O) groups excluding carboxylic acids is 2. The summed E-state index contributed by atoms with van der Waals surface area (Å²) >= 11 is 0. The van der Waals surface area contributed by atoms with Gasteiger partial charge in [0.1, 0.15) is 0 Å². The first-order valence-corrected chi connectivity index (χ1v) is 10.1. The van der Waals surface area contributed by atoms with Gasteiger partial charge in [-0.25, -0.2) is 4.79 Å². The van der Waals surface area contributed by atoms with Gasteiger partial charge in [0.2, 0.25) is 5.91 Å². The highest BCUT2D eigenvalue weighted by atomic mass is 16.2. The van der Waals surface area contributed by atoms with Gasteiger partial charge in [0, 0.05) is 41.3 Å². The Balaban J connectivity index is 1.75. The number of nitrogens with zero attached hydrogens (tertiary/aromatic N) is 2. The summed E-state index contributed by atoms with van der Waals surface area (Å²) in [6.07, 6.45) is 5.57. The van der Waals surface area contributed by atoms with Crippen molar-refractivity contribution in [3.05, 3.63) is 66.4 Å². The third-order valence-corrected chi connectivity index (χ3v) is 4.55. The number of aryl methyl sites for hydroxylation is 1. The first-order valence-electron chi connectivity index (χ1n) is 10.1. The predicted octanol–water partition coefficient (Wildman–Crippen LogP) is 4.74. The van der Waals surface area contributed by atoms with E-state index >= 15 is 0 Å². The van der Waals surface area contributed by atoms with E-state index in [1.54, 1.807) is 30.3 Å². The first kappa shape index (κ1) is 21.7. The monoisotopic (exact) mass is 415 g/mol. The van der Waals surface area contributed by atoms with E-state index in [4.69, 9.17) is 5.26 Å². The van der Waals surface area contributed by atoms with E-state index in [1.807, 2.05) is 48.9 Å². The molecule has 0 radical (unpaired) electrons. The fraction of sp³-hybridized carbons (Fsp3) is 0.208. The van der Waals surface area contributed by atoms with Gasteiger partial charge >= 0.3 is 6.03 Å². The number of benzene rings is 2. The molecule has 3 N–H and O–H groups in total. The molecular weight excluding hydrogens is 390 g/mol. The molecule has 0 unspecified atom stereocenters. The minimum atomic E-state index is -0.336. The number of anilines is 2. The van der Waals surface area contributed by atoms with E-state index in [2.05, 4.69) is 22.0 Å². The highest BCUT2D eigenvalue weighted by Crippen LogP contribution is 2.24. The van der Waals surface area contributed by atoms with Gasteiger partial charge in [-0.1, -0.05) is 30.3 Å². The third kappa shape index (κ3) is 5.73. The molecule has 158 valence electrons. The molecule has 1 aromatic heterocycles. The fourth-order valence-electron chi connectivity index (χ4n) is 3.23. The van der Waals surface area contributed by atoms with Crippen LogP contribution in [0, 0.1) is 11.3 Å². The van der Waals surface area contributed by atoms with Crippen LogP contribution in [0.4, 0.5) is 16.2 Å². The van der Waals surface area contributed by atoms with Crippen LogP contribution in [0.25, 0.3) is 17.0 Å². The van der Waals surface area contributed by atoms with E-state index in [0.29, 0.717) is 24.3 Å². The maximum Gasteiger partial charge on any atom is 0.319 e. The summed E-state index contributed by atoms with van der Waals surface area (Å²) in [6, 6.07) is 16.7. The number of nitriles is 1. The minimum absolute atomic E-state index is 0.0000224.